The molecular formula is C21H32N2O3. The van der Waals surface area contributed by atoms with E-state index in [4.69, 9.17) is 9.47 Å². The lowest BCUT2D eigenvalue weighted by atomic mass is 10.0. The number of piperidine rings is 1. The maximum absolute atomic E-state index is 12.2. The van der Waals surface area contributed by atoms with Crippen molar-refractivity contribution in [1.29, 1.82) is 0 Å². The second-order valence-electron chi connectivity index (χ2n) is 7.90. The third kappa shape index (κ3) is 4.91. The van der Waals surface area contributed by atoms with Crippen LogP contribution in [0.15, 0.2) is 18.2 Å². The summed E-state index contributed by atoms with van der Waals surface area (Å²) in [6.45, 7) is 9.53. The first-order valence-corrected chi connectivity index (χ1v) is 9.96. The molecular weight excluding hydrogens is 328 g/mol. The summed E-state index contributed by atoms with van der Waals surface area (Å²) in [6.07, 6.45) is 3.61. The highest BCUT2D eigenvalue weighted by Crippen LogP contribution is 2.32. The second kappa shape index (κ2) is 8.76. The number of rotatable bonds is 5. The summed E-state index contributed by atoms with van der Waals surface area (Å²) in [5, 5.41) is 3.72. The van der Waals surface area contributed by atoms with E-state index in [9.17, 15) is 4.79 Å². The van der Waals surface area contributed by atoms with Gasteiger partial charge in [-0.05, 0) is 43.4 Å². The van der Waals surface area contributed by atoms with Crippen LogP contribution in [0, 0.1) is 5.92 Å². The molecule has 1 fully saturated rings. The van der Waals surface area contributed by atoms with E-state index in [0.29, 0.717) is 37.5 Å². The van der Waals surface area contributed by atoms with Crippen LogP contribution in [0.2, 0.25) is 0 Å². The van der Waals surface area contributed by atoms with E-state index in [2.05, 4.69) is 38.2 Å². The van der Waals surface area contributed by atoms with E-state index in [1.54, 1.807) is 0 Å². The Balaban J connectivity index is 1.52. The molecule has 1 unspecified atom stereocenters. The Morgan fingerprint density at radius 3 is 2.54 bits per heavy atom. The van der Waals surface area contributed by atoms with Crippen molar-refractivity contribution in [3.63, 3.8) is 0 Å². The van der Waals surface area contributed by atoms with Crippen molar-refractivity contribution in [3.8, 4) is 11.5 Å². The van der Waals surface area contributed by atoms with Gasteiger partial charge in [-0.3, -0.25) is 4.79 Å². The lowest BCUT2D eigenvalue weighted by Gasteiger charge is -2.34. The van der Waals surface area contributed by atoms with Crippen molar-refractivity contribution in [2.75, 3.05) is 26.3 Å². The zero-order chi connectivity index (χ0) is 18.5. The summed E-state index contributed by atoms with van der Waals surface area (Å²) in [5.74, 6) is 2.42. The van der Waals surface area contributed by atoms with Gasteiger partial charge in [0.15, 0.2) is 11.5 Å². The molecule has 0 saturated carbocycles. The summed E-state index contributed by atoms with van der Waals surface area (Å²) in [5.41, 5.74) is 1.22. The third-order valence-electron chi connectivity index (χ3n) is 5.19. The zero-order valence-corrected chi connectivity index (χ0v) is 16.3. The van der Waals surface area contributed by atoms with Gasteiger partial charge in [0.2, 0.25) is 5.91 Å². The Kier molecular flexibility index (Phi) is 6.41. The number of hydrogen-bond donors (Lipinski definition) is 1. The molecule has 5 heteroatoms. The molecule has 26 heavy (non-hydrogen) atoms. The SMILES string of the molecule is CC(C)CC(=O)N1CCC(NC(C)c2ccc3c(c2)OCCCO3)CC1. The van der Waals surface area contributed by atoms with Crippen LogP contribution in [0.3, 0.4) is 0 Å². The molecule has 0 spiro atoms. The molecule has 1 amide bonds. The largest absolute Gasteiger partial charge is 0.490 e. The summed E-state index contributed by atoms with van der Waals surface area (Å²) >= 11 is 0. The Morgan fingerprint density at radius 1 is 1.15 bits per heavy atom. The van der Waals surface area contributed by atoms with E-state index in [0.717, 1.165) is 43.9 Å². The van der Waals surface area contributed by atoms with Crippen LogP contribution >= 0.6 is 0 Å². The second-order valence-corrected chi connectivity index (χ2v) is 7.90. The smallest absolute Gasteiger partial charge is 0.222 e. The van der Waals surface area contributed by atoms with Crippen molar-refractivity contribution >= 4 is 5.91 Å². The first kappa shape index (κ1) is 19.0. The van der Waals surface area contributed by atoms with Crippen LogP contribution in [0.25, 0.3) is 0 Å². The fourth-order valence-electron chi connectivity index (χ4n) is 3.67. The molecule has 144 valence electrons. The fourth-order valence-corrected chi connectivity index (χ4v) is 3.67. The number of carbonyl (C=O) groups is 1. The molecule has 1 saturated heterocycles. The van der Waals surface area contributed by atoms with Crippen LogP contribution in [0.5, 0.6) is 11.5 Å². The zero-order valence-electron chi connectivity index (χ0n) is 16.3. The molecule has 1 aromatic carbocycles. The molecule has 0 radical (unpaired) electrons. The molecule has 2 heterocycles. The number of benzene rings is 1. The first-order valence-electron chi connectivity index (χ1n) is 9.96. The Hall–Kier alpha value is -1.75. The highest BCUT2D eigenvalue weighted by Gasteiger charge is 2.24. The molecule has 2 aliphatic rings. The van der Waals surface area contributed by atoms with Gasteiger partial charge in [0.1, 0.15) is 0 Å². The number of hydrogen-bond acceptors (Lipinski definition) is 4. The Morgan fingerprint density at radius 2 is 1.85 bits per heavy atom. The normalized spacial score (nSPS) is 19.3. The minimum absolute atomic E-state index is 0.245. The molecule has 1 aromatic rings. The van der Waals surface area contributed by atoms with Gasteiger partial charge in [0, 0.05) is 38.0 Å². The lowest BCUT2D eigenvalue weighted by molar-refractivity contribution is -0.133. The topological polar surface area (TPSA) is 50.8 Å². The number of ether oxygens (including phenoxy) is 2. The van der Waals surface area contributed by atoms with Crippen molar-refractivity contribution < 1.29 is 14.3 Å². The van der Waals surface area contributed by atoms with Gasteiger partial charge in [0.05, 0.1) is 13.2 Å². The van der Waals surface area contributed by atoms with E-state index < -0.39 is 0 Å². The monoisotopic (exact) mass is 360 g/mol. The number of nitrogens with one attached hydrogen (secondary N) is 1. The summed E-state index contributed by atoms with van der Waals surface area (Å²) in [7, 11) is 0. The highest BCUT2D eigenvalue weighted by molar-refractivity contribution is 5.76. The van der Waals surface area contributed by atoms with Crippen LogP contribution in [-0.4, -0.2) is 43.2 Å². The van der Waals surface area contributed by atoms with E-state index in [1.807, 2.05) is 11.0 Å². The summed E-state index contributed by atoms with van der Waals surface area (Å²) in [6, 6.07) is 6.92. The van der Waals surface area contributed by atoms with Crippen molar-refractivity contribution in [1.82, 2.24) is 10.2 Å². The number of fused-ring (bicyclic) bond motifs is 1. The first-order chi connectivity index (χ1) is 12.5. The van der Waals surface area contributed by atoms with Gasteiger partial charge >= 0.3 is 0 Å². The number of nitrogens with zero attached hydrogens (tertiary/aromatic N) is 1. The minimum Gasteiger partial charge on any atom is -0.490 e. The van der Waals surface area contributed by atoms with E-state index >= 15 is 0 Å². The van der Waals surface area contributed by atoms with Gasteiger partial charge in [-0.25, -0.2) is 0 Å². The number of carbonyl (C=O) groups excluding carboxylic acids is 1. The molecule has 1 atom stereocenters. The van der Waals surface area contributed by atoms with Crippen LogP contribution in [0.4, 0.5) is 0 Å². The molecule has 3 rings (SSSR count). The molecule has 0 aromatic heterocycles. The molecule has 1 N–H and O–H groups in total. The standard InChI is InChI=1S/C21H32N2O3/c1-15(2)13-21(24)23-9-7-18(8-10-23)22-16(3)17-5-6-19-20(14-17)26-12-4-11-25-19/h5-6,14-16,18,22H,4,7-13H2,1-3H3. The van der Waals surface area contributed by atoms with Gasteiger partial charge in [-0.1, -0.05) is 19.9 Å². The molecule has 5 nitrogen and oxygen atoms in total. The minimum atomic E-state index is 0.245. The quantitative estimate of drug-likeness (QED) is 0.873. The lowest BCUT2D eigenvalue weighted by Crippen LogP contribution is -2.45. The van der Waals surface area contributed by atoms with Crippen LogP contribution in [-0.2, 0) is 4.79 Å². The van der Waals surface area contributed by atoms with Gasteiger partial charge in [-0.15, -0.1) is 0 Å². The molecule has 0 aliphatic carbocycles. The average Bonchev–Trinajstić information content (AvgIpc) is 2.86. The summed E-state index contributed by atoms with van der Waals surface area (Å²) < 4.78 is 11.5. The maximum atomic E-state index is 12.2. The third-order valence-corrected chi connectivity index (χ3v) is 5.19. The summed E-state index contributed by atoms with van der Waals surface area (Å²) in [4.78, 5) is 14.2. The molecule has 2 aliphatic heterocycles. The van der Waals surface area contributed by atoms with Crippen molar-refractivity contribution in [3.05, 3.63) is 23.8 Å². The van der Waals surface area contributed by atoms with Crippen LogP contribution in [0.1, 0.15) is 58.1 Å². The predicted molar refractivity (Wildman–Crippen MR) is 103 cm³/mol. The average molecular weight is 360 g/mol. The number of likely N-dealkylation sites (tertiary alicyclic amines) is 1. The van der Waals surface area contributed by atoms with Gasteiger partial charge in [0.25, 0.3) is 0 Å². The number of amides is 1. The highest BCUT2D eigenvalue weighted by atomic mass is 16.5. The maximum Gasteiger partial charge on any atom is 0.222 e. The van der Waals surface area contributed by atoms with E-state index in [1.165, 1.54) is 5.56 Å². The van der Waals surface area contributed by atoms with Gasteiger partial charge < -0.3 is 19.7 Å². The van der Waals surface area contributed by atoms with Crippen molar-refractivity contribution in [2.24, 2.45) is 5.92 Å². The van der Waals surface area contributed by atoms with Crippen LogP contribution < -0.4 is 14.8 Å². The van der Waals surface area contributed by atoms with Gasteiger partial charge in [-0.2, -0.15) is 0 Å². The van der Waals surface area contributed by atoms with Crippen molar-refractivity contribution in [2.45, 2.75) is 58.5 Å². The molecule has 0 bridgehead atoms. The Labute approximate surface area is 157 Å². The predicted octanol–water partition coefficient (Wildman–Crippen LogP) is 3.54. The van der Waals surface area contributed by atoms with E-state index in [-0.39, 0.29) is 6.04 Å². The Bertz CT molecular complexity index is 609. The fraction of sp³-hybridized carbons (Fsp3) is 0.667.